The lowest BCUT2D eigenvalue weighted by Crippen LogP contribution is -2.30. The standard InChI is InChI=1S/C14H20ClN5O/c1-5-19-7-12(10(3)18-19)9(2)17-14(21)8-20-11(4)13(15)6-16-20/h6-7,9H,5,8H2,1-4H3,(H,17,21). The number of nitrogens with one attached hydrogen (secondary N) is 1. The van der Waals surface area contributed by atoms with Crippen molar-refractivity contribution < 1.29 is 4.79 Å². The second kappa shape index (κ2) is 6.30. The lowest BCUT2D eigenvalue weighted by Gasteiger charge is -2.13. The molecule has 0 aliphatic heterocycles. The van der Waals surface area contributed by atoms with E-state index in [1.165, 1.54) is 0 Å². The molecular formula is C14H20ClN5O. The summed E-state index contributed by atoms with van der Waals surface area (Å²) in [5.74, 6) is -0.103. The number of aromatic nitrogens is 4. The molecule has 0 aliphatic rings. The predicted molar refractivity (Wildman–Crippen MR) is 81.2 cm³/mol. The van der Waals surface area contributed by atoms with Crippen LogP contribution in [0.1, 0.15) is 36.8 Å². The second-order valence-corrected chi connectivity index (χ2v) is 5.46. The van der Waals surface area contributed by atoms with E-state index in [9.17, 15) is 4.79 Å². The Kier molecular flexibility index (Phi) is 4.67. The highest BCUT2D eigenvalue weighted by Gasteiger charge is 2.16. The summed E-state index contributed by atoms with van der Waals surface area (Å²) in [5.41, 5.74) is 2.75. The van der Waals surface area contributed by atoms with Gasteiger partial charge < -0.3 is 5.32 Å². The Labute approximate surface area is 129 Å². The minimum atomic E-state index is -0.103. The number of nitrogens with zero attached hydrogens (tertiary/aromatic N) is 4. The topological polar surface area (TPSA) is 64.7 Å². The van der Waals surface area contributed by atoms with Crippen LogP contribution in [0.15, 0.2) is 12.4 Å². The van der Waals surface area contributed by atoms with Crippen molar-refractivity contribution in [1.82, 2.24) is 24.9 Å². The Balaban J connectivity index is 2.01. The van der Waals surface area contributed by atoms with Crippen molar-refractivity contribution in [2.75, 3.05) is 0 Å². The van der Waals surface area contributed by atoms with Crippen LogP contribution in [0, 0.1) is 13.8 Å². The van der Waals surface area contributed by atoms with Crippen molar-refractivity contribution >= 4 is 17.5 Å². The predicted octanol–water partition coefficient (Wildman–Crippen LogP) is 2.25. The lowest BCUT2D eigenvalue weighted by atomic mass is 10.1. The molecule has 0 saturated carbocycles. The number of amides is 1. The SMILES string of the molecule is CCn1cc(C(C)NC(=O)Cn2ncc(Cl)c2C)c(C)n1. The zero-order valence-corrected chi connectivity index (χ0v) is 13.5. The smallest absolute Gasteiger partial charge is 0.242 e. The minimum Gasteiger partial charge on any atom is -0.348 e. The van der Waals surface area contributed by atoms with Crippen molar-refractivity contribution in [3.63, 3.8) is 0 Å². The average molecular weight is 310 g/mol. The molecule has 7 heteroatoms. The van der Waals surface area contributed by atoms with Crippen LogP contribution in [-0.4, -0.2) is 25.5 Å². The molecule has 0 saturated heterocycles. The van der Waals surface area contributed by atoms with Gasteiger partial charge >= 0.3 is 0 Å². The van der Waals surface area contributed by atoms with Gasteiger partial charge in [0.1, 0.15) is 6.54 Å². The third kappa shape index (κ3) is 3.44. The summed E-state index contributed by atoms with van der Waals surface area (Å²) in [4.78, 5) is 12.1. The number of hydrogen-bond acceptors (Lipinski definition) is 3. The number of aryl methyl sites for hydroxylation is 2. The van der Waals surface area contributed by atoms with Crippen LogP contribution < -0.4 is 5.32 Å². The first-order chi connectivity index (χ1) is 9.92. The highest BCUT2D eigenvalue weighted by atomic mass is 35.5. The summed E-state index contributed by atoms with van der Waals surface area (Å²) in [6.45, 7) is 8.73. The van der Waals surface area contributed by atoms with Crippen LogP contribution in [0.3, 0.4) is 0 Å². The molecule has 2 aromatic heterocycles. The van der Waals surface area contributed by atoms with Crippen LogP contribution in [0.25, 0.3) is 0 Å². The van der Waals surface area contributed by atoms with Gasteiger partial charge in [-0.15, -0.1) is 0 Å². The molecule has 1 atom stereocenters. The third-order valence-electron chi connectivity index (χ3n) is 3.49. The first-order valence-corrected chi connectivity index (χ1v) is 7.31. The van der Waals surface area contributed by atoms with Crippen molar-refractivity contribution in [3.8, 4) is 0 Å². The maximum Gasteiger partial charge on any atom is 0.242 e. The van der Waals surface area contributed by atoms with Crippen LogP contribution in [0.2, 0.25) is 5.02 Å². The second-order valence-electron chi connectivity index (χ2n) is 5.05. The van der Waals surface area contributed by atoms with Crippen molar-refractivity contribution in [2.45, 2.75) is 46.8 Å². The molecule has 2 aromatic rings. The van der Waals surface area contributed by atoms with E-state index in [-0.39, 0.29) is 18.5 Å². The quantitative estimate of drug-likeness (QED) is 0.921. The zero-order chi connectivity index (χ0) is 15.6. The van der Waals surface area contributed by atoms with Crippen LogP contribution in [0.4, 0.5) is 0 Å². The van der Waals surface area contributed by atoms with Gasteiger partial charge in [-0.3, -0.25) is 14.2 Å². The molecule has 0 spiro atoms. The fraction of sp³-hybridized carbons (Fsp3) is 0.500. The van der Waals surface area contributed by atoms with Crippen molar-refractivity contribution in [2.24, 2.45) is 0 Å². The van der Waals surface area contributed by atoms with Gasteiger partial charge in [-0.25, -0.2) is 0 Å². The molecule has 0 bridgehead atoms. The normalized spacial score (nSPS) is 12.4. The van der Waals surface area contributed by atoms with Crippen molar-refractivity contribution in [1.29, 1.82) is 0 Å². The van der Waals surface area contributed by atoms with Gasteiger partial charge in [-0.05, 0) is 27.7 Å². The fourth-order valence-electron chi connectivity index (χ4n) is 2.20. The summed E-state index contributed by atoms with van der Waals surface area (Å²) in [6.07, 6.45) is 3.51. The molecule has 2 rings (SSSR count). The maximum atomic E-state index is 12.1. The highest BCUT2D eigenvalue weighted by molar-refractivity contribution is 6.31. The van der Waals surface area contributed by atoms with Gasteiger partial charge in [0.25, 0.3) is 0 Å². The van der Waals surface area contributed by atoms with E-state index < -0.39 is 0 Å². The van der Waals surface area contributed by atoms with E-state index in [4.69, 9.17) is 11.6 Å². The minimum absolute atomic E-state index is 0.0934. The van der Waals surface area contributed by atoms with Gasteiger partial charge in [0.05, 0.1) is 28.6 Å². The van der Waals surface area contributed by atoms with E-state index in [1.54, 1.807) is 10.9 Å². The van der Waals surface area contributed by atoms with Gasteiger partial charge in [0, 0.05) is 18.3 Å². The number of rotatable bonds is 5. The summed E-state index contributed by atoms with van der Waals surface area (Å²) >= 11 is 5.93. The van der Waals surface area contributed by atoms with Crippen molar-refractivity contribution in [3.05, 3.63) is 34.4 Å². The maximum absolute atomic E-state index is 12.1. The molecule has 6 nitrogen and oxygen atoms in total. The van der Waals surface area contributed by atoms with Gasteiger partial charge in [0.2, 0.25) is 5.91 Å². The van der Waals surface area contributed by atoms with E-state index in [0.717, 1.165) is 23.5 Å². The van der Waals surface area contributed by atoms with Crippen LogP contribution >= 0.6 is 11.6 Å². The molecule has 0 aromatic carbocycles. The van der Waals surface area contributed by atoms with E-state index in [1.807, 2.05) is 38.6 Å². The summed E-state index contributed by atoms with van der Waals surface area (Å²) in [7, 11) is 0. The number of carbonyl (C=O) groups is 1. The third-order valence-corrected chi connectivity index (χ3v) is 3.86. The molecular weight excluding hydrogens is 290 g/mol. The van der Waals surface area contributed by atoms with Gasteiger partial charge in [-0.1, -0.05) is 11.6 Å². The van der Waals surface area contributed by atoms with Crippen LogP contribution in [-0.2, 0) is 17.9 Å². The molecule has 1 unspecified atom stereocenters. The lowest BCUT2D eigenvalue weighted by molar-refractivity contribution is -0.122. The average Bonchev–Trinajstić information content (AvgIpc) is 2.96. The first kappa shape index (κ1) is 15.6. The summed E-state index contributed by atoms with van der Waals surface area (Å²) in [5, 5.41) is 12.0. The summed E-state index contributed by atoms with van der Waals surface area (Å²) in [6, 6.07) is -0.0934. The molecule has 0 radical (unpaired) electrons. The Hall–Kier alpha value is -1.82. The number of halogens is 1. The monoisotopic (exact) mass is 309 g/mol. The molecule has 1 amide bonds. The Morgan fingerprint density at radius 2 is 2.19 bits per heavy atom. The number of hydrogen-bond donors (Lipinski definition) is 1. The molecule has 2 heterocycles. The molecule has 1 N–H and O–H groups in total. The zero-order valence-electron chi connectivity index (χ0n) is 12.7. The largest absolute Gasteiger partial charge is 0.348 e. The molecule has 114 valence electrons. The molecule has 0 fully saturated rings. The number of carbonyl (C=O) groups excluding carboxylic acids is 1. The van der Waals surface area contributed by atoms with Gasteiger partial charge in [0.15, 0.2) is 0 Å². The molecule has 21 heavy (non-hydrogen) atoms. The van der Waals surface area contributed by atoms with E-state index in [2.05, 4.69) is 15.5 Å². The van der Waals surface area contributed by atoms with Gasteiger partial charge in [-0.2, -0.15) is 10.2 Å². The highest BCUT2D eigenvalue weighted by Crippen LogP contribution is 2.16. The molecule has 0 aliphatic carbocycles. The Morgan fingerprint density at radius 1 is 1.48 bits per heavy atom. The first-order valence-electron chi connectivity index (χ1n) is 6.93. The van der Waals surface area contributed by atoms with Crippen LogP contribution in [0.5, 0.6) is 0 Å². The Morgan fingerprint density at radius 3 is 2.71 bits per heavy atom. The fourth-order valence-corrected chi connectivity index (χ4v) is 2.35. The Bertz CT molecular complexity index is 646. The van der Waals surface area contributed by atoms with E-state index in [0.29, 0.717) is 5.02 Å². The summed E-state index contributed by atoms with van der Waals surface area (Å²) < 4.78 is 3.46. The van der Waals surface area contributed by atoms with E-state index >= 15 is 0 Å².